The van der Waals surface area contributed by atoms with Gasteiger partial charge in [-0.1, -0.05) is 36.7 Å². The first-order valence-corrected chi connectivity index (χ1v) is 7.90. The van der Waals surface area contributed by atoms with E-state index in [1.807, 2.05) is 18.2 Å². The van der Waals surface area contributed by atoms with Gasteiger partial charge in [0.05, 0.1) is 6.10 Å². The summed E-state index contributed by atoms with van der Waals surface area (Å²) >= 11 is 5.74. The lowest BCUT2D eigenvalue weighted by Gasteiger charge is -2.19. The second kappa shape index (κ2) is 7.10. The zero-order valence-electron chi connectivity index (χ0n) is 10.6. The molecule has 0 aromatic heterocycles. The lowest BCUT2D eigenvalue weighted by molar-refractivity contribution is 0.141. The van der Waals surface area contributed by atoms with Crippen LogP contribution in [-0.2, 0) is 0 Å². The third kappa shape index (κ3) is 5.26. The molecule has 0 heterocycles. The monoisotopic (exact) mass is 410 g/mol. The molecule has 1 aromatic rings. The fourth-order valence-electron chi connectivity index (χ4n) is 2.18. The van der Waals surface area contributed by atoms with Gasteiger partial charge >= 0.3 is 0 Å². The molecule has 2 atom stereocenters. The van der Waals surface area contributed by atoms with Crippen molar-refractivity contribution in [1.82, 2.24) is 0 Å². The molecule has 0 amide bonds. The highest BCUT2D eigenvalue weighted by atomic mass is 127. The zero-order valence-corrected chi connectivity index (χ0v) is 14.3. The topological polar surface area (TPSA) is 20.2 Å². The highest BCUT2D eigenvalue weighted by Gasteiger charge is 2.16. The van der Waals surface area contributed by atoms with Crippen molar-refractivity contribution < 1.29 is 5.11 Å². The Morgan fingerprint density at radius 2 is 1.88 bits per heavy atom. The molecule has 1 aromatic carbocycles. The van der Waals surface area contributed by atoms with Crippen LogP contribution in [0.3, 0.4) is 0 Å². The Balaban J connectivity index is 2.69. The van der Waals surface area contributed by atoms with Crippen molar-refractivity contribution in [3.63, 3.8) is 0 Å². The molecular formula is C14H20BrIO. The molecule has 0 saturated carbocycles. The predicted molar refractivity (Wildman–Crippen MR) is 85.1 cm³/mol. The summed E-state index contributed by atoms with van der Waals surface area (Å²) in [5, 5.41) is 10.3. The maximum Gasteiger partial charge on any atom is 0.0803 e. The van der Waals surface area contributed by atoms with E-state index in [1.54, 1.807) is 0 Å². The van der Waals surface area contributed by atoms with Crippen LogP contribution < -0.4 is 0 Å². The van der Waals surface area contributed by atoms with Crippen LogP contribution in [0.25, 0.3) is 0 Å². The number of aliphatic hydroxyl groups is 1. The van der Waals surface area contributed by atoms with Gasteiger partial charge in [0.2, 0.25) is 0 Å². The lowest BCUT2D eigenvalue weighted by atomic mass is 9.91. The first kappa shape index (κ1) is 15.4. The predicted octanol–water partition coefficient (Wildman–Crippen LogP) is 5.16. The minimum Gasteiger partial charge on any atom is -0.388 e. The highest BCUT2D eigenvalue weighted by molar-refractivity contribution is 14.1. The molecule has 1 N–H and O–H groups in total. The first-order valence-electron chi connectivity index (χ1n) is 6.03. The van der Waals surface area contributed by atoms with Crippen molar-refractivity contribution in [2.24, 2.45) is 11.8 Å². The second-order valence-electron chi connectivity index (χ2n) is 5.15. The summed E-state index contributed by atoms with van der Waals surface area (Å²) in [6, 6.07) is 6.07. The van der Waals surface area contributed by atoms with Gasteiger partial charge in [-0.3, -0.25) is 0 Å². The van der Waals surface area contributed by atoms with E-state index < -0.39 is 0 Å². The summed E-state index contributed by atoms with van der Waals surface area (Å²) in [5.41, 5.74) is 1.04. The Morgan fingerprint density at radius 1 is 1.24 bits per heavy atom. The second-order valence-corrected chi connectivity index (χ2v) is 7.23. The van der Waals surface area contributed by atoms with Crippen molar-refractivity contribution >= 4 is 38.5 Å². The minimum absolute atomic E-state index is 0.354. The average Bonchev–Trinajstić information content (AvgIpc) is 2.20. The fraction of sp³-hybridized carbons (Fsp3) is 0.571. The van der Waals surface area contributed by atoms with Crippen molar-refractivity contribution in [2.75, 3.05) is 0 Å². The van der Waals surface area contributed by atoms with E-state index in [1.165, 1.54) is 6.42 Å². The van der Waals surface area contributed by atoms with Gasteiger partial charge in [0.15, 0.2) is 0 Å². The molecule has 1 nitrogen and oxygen atoms in total. The summed E-state index contributed by atoms with van der Waals surface area (Å²) in [4.78, 5) is 0. The summed E-state index contributed by atoms with van der Waals surface area (Å²) in [5.74, 6) is 1.25. The quantitative estimate of drug-likeness (QED) is 0.664. The number of benzene rings is 1. The van der Waals surface area contributed by atoms with Crippen LogP contribution in [0.4, 0.5) is 0 Å². The summed E-state index contributed by atoms with van der Waals surface area (Å²) in [6.07, 6.45) is 1.65. The van der Waals surface area contributed by atoms with Gasteiger partial charge in [-0.15, -0.1) is 0 Å². The fourth-order valence-corrected chi connectivity index (χ4v) is 3.25. The maximum atomic E-state index is 10.3. The maximum absolute atomic E-state index is 10.3. The van der Waals surface area contributed by atoms with Gasteiger partial charge in [-0.25, -0.2) is 0 Å². The van der Waals surface area contributed by atoms with Gasteiger partial charge in [0.1, 0.15) is 0 Å². The molecule has 2 unspecified atom stereocenters. The Kier molecular flexibility index (Phi) is 6.45. The molecule has 0 saturated heterocycles. The highest BCUT2D eigenvalue weighted by Crippen LogP contribution is 2.29. The van der Waals surface area contributed by atoms with Crippen LogP contribution in [0.2, 0.25) is 0 Å². The van der Waals surface area contributed by atoms with Crippen LogP contribution in [0.15, 0.2) is 22.7 Å². The molecule has 0 fully saturated rings. The van der Waals surface area contributed by atoms with Crippen molar-refractivity contribution in [3.8, 4) is 0 Å². The smallest absolute Gasteiger partial charge is 0.0803 e. The number of rotatable bonds is 5. The molecular weight excluding hydrogens is 391 g/mol. The molecule has 3 heteroatoms. The van der Waals surface area contributed by atoms with Crippen LogP contribution in [0.5, 0.6) is 0 Å². The van der Waals surface area contributed by atoms with Crippen molar-refractivity contribution in [3.05, 3.63) is 31.8 Å². The first-order chi connectivity index (χ1) is 7.90. The van der Waals surface area contributed by atoms with E-state index in [0.717, 1.165) is 20.0 Å². The van der Waals surface area contributed by atoms with Gasteiger partial charge in [-0.05, 0) is 71.0 Å². The number of aliphatic hydroxyl groups excluding tert-OH is 1. The van der Waals surface area contributed by atoms with Gasteiger partial charge in [0.25, 0.3) is 0 Å². The number of halogens is 2. The third-order valence-corrected chi connectivity index (χ3v) is 4.29. The van der Waals surface area contributed by atoms with E-state index in [-0.39, 0.29) is 6.10 Å². The Morgan fingerprint density at radius 3 is 2.47 bits per heavy atom. The molecule has 0 spiro atoms. The third-order valence-electron chi connectivity index (χ3n) is 2.82. The van der Waals surface area contributed by atoms with E-state index in [2.05, 4.69) is 59.3 Å². The Hall–Kier alpha value is 0.390. The van der Waals surface area contributed by atoms with Crippen LogP contribution in [-0.4, -0.2) is 5.11 Å². The van der Waals surface area contributed by atoms with Gasteiger partial charge in [-0.2, -0.15) is 0 Å². The van der Waals surface area contributed by atoms with Crippen molar-refractivity contribution in [2.45, 2.75) is 39.7 Å². The molecule has 0 aliphatic carbocycles. The zero-order chi connectivity index (χ0) is 13.0. The van der Waals surface area contributed by atoms with Crippen LogP contribution in [0.1, 0.15) is 45.3 Å². The summed E-state index contributed by atoms with van der Waals surface area (Å²) in [7, 11) is 0. The molecule has 17 heavy (non-hydrogen) atoms. The molecule has 0 aliphatic heterocycles. The SMILES string of the molecule is CC(C)CC(C)CC(O)c1cc(Br)ccc1I. The summed E-state index contributed by atoms with van der Waals surface area (Å²) < 4.78 is 2.17. The normalized spacial score (nSPS) is 15.0. The van der Waals surface area contributed by atoms with E-state index in [4.69, 9.17) is 0 Å². The molecule has 0 radical (unpaired) electrons. The van der Waals surface area contributed by atoms with Crippen molar-refractivity contribution in [1.29, 1.82) is 0 Å². The van der Waals surface area contributed by atoms with E-state index >= 15 is 0 Å². The Labute approximate surface area is 126 Å². The molecule has 96 valence electrons. The van der Waals surface area contributed by atoms with Gasteiger partial charge < -0.3 is 5.11 Å². The van der Waals surface area contributed by atoms with E-state index in [9.17, 15) is 5.11 Å². The van der Waals surface area contributed by atoms with E-state index in [0.29, 0.717) is 11.8 Å². The average molecular weight is 411 g/mol. The molecule has 0 bridgehead atoms. The number of hydrogen-bond acceptors (Lipinski definition) is 1. The number of hydrogen-bond donors (Lipinski definition) is 1. The van der Waals surface area contributed by atoms with Gasteiger partial charge in [0, 0.05) is 8.04 Å². The van der Waals surface area contributed by atoms with Crippen LogP contribution >= 0.6 is 38.5 Å². The largest absolute Gasteiger partial charge is 0.388 e. The Bertz CT molecular complexity index is 365. The lowest BCUT2D eigenvalue weighted by Crippen LogP contribution is -2.08. The molecule has 0 aliphatic rings. The standard InChI is InChI=1S/C14H20BrIO/c1-9(2)6-10(3)7-14(17)12-8-11(15)4-5-13(12)16/h4-5,8-10,14,17H,6-7H2,1-3H3. The molecule has 1 rings (SSSR count). The summed E-state index contributed by atoms with van der Waals surface area (Å²) in [6.45, 7) is 6.67. The van der Waals surface area contributed by atoms with Crippen LogP contribution in [0, 0.1) is 15.4 Å². The minimum atomic E-state index is -0.354.